The van der Waals surface area contributed by atoms with Crippen molar-refractivity contribution in [2.75, 3.05) is 0 Å². The van der Waals surface area contributed by atoms with E-state index in [4.69, 9.17) is 11.6 Å². The Bertz CT molecular complexity index is 601. The minimum absolute atomic E-state index is 0.217. The van der Waals surface area contributed by atoms with Gasteiger partial charge in [-0.3, -0.25) is 0 Å². The summed E-state index contributed by atoms with van der Waals surface area (Å²) >= 11 is 12.9. The molecule has 0 aliphatic rings. The van der Waals surface area contributed by atoms with E-state index >= 15 is 0 Å². The van der Waals surface area contributed by atoms with Crippen LogP contribution in [0.3, 0.4) is 0 Å². The molecule has 0 N–H and O–H groups in total. The number of hydrogen-bond acceptors (Lipinski definition) is 0. The summed E-state index contributed by atoms with van der Waals surface area (Å²) in [7, 11) is 0. The molecule has 3 heteroatoms. The van der Waals surface area contributed by atoms with Crippen LogP contribution in [0, 0.1) is 5.92 Å². The van der Waals surface area contributed by atoms with Crippen molar-refractivity contribution in [1.29, 1.82) is 0 Å². The fourth-order valence-corrected chi connectivity index (χ4v) is 3.44. The first-order chi connectivity index (χ1) is 11.2. The summed E-state index contributed by atoms with van der Waals surface area (Å²) in [6.07, 6.45) is 2.19. The lowest BCUT2D eigenvalue weighted by Gasteiger charge is -2.15. The molecule has 0 saturated heterocycles. The smallest absolute Gasteiger partial charge is 0.0474 e. The van der Waals surface area contributed by atoms with Crippen LogP contribution in [-0.4, -0.2) is 4.32 Å². The van der Waals surface area contributed by atoms with Gasteiger partial charge in [0, 0.05) is 14.7 Å². The topological polar surface area (TPSA) is 0 Å². The SMILES string of the molecule is CC(C)(Br)Cc1ccccc1.CC(C)Cc1ccc(CCl)cc1Br. The Morgan fingerprint density at radius 1 is 1.00 bits per heavy atom. The molecular weight excluding hydrogens is 447 g/mol. The lowest BCUT2D eigenvalue weighted by molar-refractivity contribution is 0.645. The molecule has 0 radical (unpaired) electrons. The molecule has 132 valence electrons. The summed E-state index contributed by atoms with van der Waals surface area (Å²) in [5.41, 5.74) is 3.92. The van der Waals surface area contributed by atoms with Gasteiger partial charge in [-0.25, -0.2) is 0 Å². The molecule has 0 amide bonds. The van der Waals surface area contributed by atoms with Crippen molar-refractivity contribution in [1.82, 2.24) is 0 Å². The lowest BCUT2D eigenvalue weighted by atomic mass is 10.0. The van der Waals surface area contributed by atoms with Gasteiger partial charge < -0.3 is 0 Å². The molecule has 0 spiro atoms. The van der Waals surface area contributed by atoms with E-state index in [2.05, 4.69) is 102 Å². The summed E-state index contributed by atoms with van der Waals surface area (Å²) < 4.78 is 1.40. The molecule has 0 aromatic heterocycles. The molecular formula is C21H27Br2Cl. The van der Waals surface area contributed by atoms with Crippen molar-refractivity contribution in [2.24, 2.45) is 5.92 Å². The van der Waals surface area contributed by atoms with E-state index in [0.717, 1.165) is 12.8 Å². The van der Waals surface area contributed by atoms with E-state index in [1.165, 1.54) is 21.2 Å². The van der Waals surface area contributed by atoms with Crippen LogP contribution in [0.1, 0.15) is 44.4 Å². The van der Waals surface area contributed by atoms with Gasteiger partial charge in [-0.15, -0.1) is 11.6 Å². The van der Waals surface area contributed by atoms with Crippen LogP contribution in [0.5, 0.6) is 0 Å². The number of benzene rings is 2. The maximum absolute atomic E-state index is 5.74. The first-order valence-electron chi connectivity index (χ1n) is 8.27. The van der Waals surface area contributed by atoms with Crippen LogP contribution in [0.25, 0.3) is 0 Å². The Balaban J connectivity index is 0.000000243. The molecule has 0 saturated carbocycles. The van der Waals surface area contributed by atoms with Crippen LogP contribution in [-0.2, 0) is 18.7 Å². The van der Waals surface area contributed by atoms with Gasteiger partial charge >= 0.3 is 0 Å². The van der Waals surface area contributed by atoms with E-state index in [1.807, 2.05) is 6.07 Å². The van der Waals surface area contributed by atoms with Crippen LogP contribution < -0.4 is 0 Å². The van der Waals surface area contributed by atoms with Crippen molar-refractivity contribution in [2.45, 2.75) is 50.7 Å². The quantitative estimate of drug-likeness (QED) is 0.388. The molecule has 0 nitrogen and oxygen atoms in total. The highest BCUT2D eigenvalue weighted by Crippen LogP contribution is 2.22. The van der Waals surface area contributed by atoms with Crippen LogP contribution in [0.4, 0.5) is 0 Å². The number of halogens is 3. The Morgan fingerprint density at radius 3 is 2.08 bits per heavy atom. The first kappa shape index (κ1) is 21.7. The van der Waals surface area contributed by atoms with Crippen molar-refractivity contribution >= 4 is 43.5 Å². The zero-order valence-electron chi connectivity index (χ0n) is 15.0. The maximum Gasteiger partial charge on any atom is 0.0474 e. The summed E-state index contributed by atoms with van der Waals surface area (Å²) in [6.45, 7) is 8.81. The molecule has 0 aliphatic carbocycles. The molecule has 0 aliphatic heterocycles. The Kier molecular flexibility index (Phi) is 9.63. The highest BCUT2D eigenvalue weighted by atomic mass is 79.9. The van der Waals surface area contributed by atoms with Crippen molar-refractivity contribution in [3.63, 3.8) is 0 Å². The van der Waals surface area contributed by atoms with Crippen molar-refractivity contribution in [3.8, 4) is 0 Å². The standard InChI is InChI=1S/C11H14BrCl.C10H13Br/c1-8(2)5-10-4-3-9(7-13)6-11(10)12;1-10(2,11)8-9-6-4-3-5-7-9/h3-4,6,8H,5,7H2,1-2H3;3-7H,8H2,1-2H3. The highest BCUT2D eigenvalue weighted by Gasteiger charge is 2.12. The Morgan fingerprint density at radius 2 is 1.62 bits per heavy atom. The average molecular weight is 475 g/mol. The molecule has 24 heavy (non-hydrogen) atoms. The largest absolute Gasteiger partial charge is 0.122 e. The van der Waals surface area contributed by atoms with Gasteiger partial charge in [0.1, 0.15) is 0 Å². The monoisotopic (exact) mass is 472 g/mol. The van der Waals surface area contributed by atoms with E-state index in [9.17, 15) is 0 Å². The molecule has 2 aromatic carbocycles. The fourth-order valence-electron chi connectivity index (χ4n) is 2.36. The van der Waals surface area contributed by atoms with Gasteiger partial charge in [0.25, 0.3) is 0 Å². The normalized spacial score (nSPS) is 11.2. The number of hydrogen-bond donors (Lipinski definition) is 0. The summed E-state index contributed by atoms with van der Waals surface area (Å²) in [6, 6.07) is 16.9. The van der Waals surface area contributed by atoms with Gasteiger partial charge in [0.15, 0.2) is 0 Å². The molecule has 2 rings (SSSR count). The van der Waals surface area contributed by atoms with E-state index < -0.39 is 0 Å². The van der Waals surface area contributed by atoms with Gasteiger partial charge in [-0.05, 0) is 55.4 Å². The van der Waals surface area contributed by atoms with E-state index in [0.29, 0.717) is 11.8 Å². The average Bonchev–Trinajstić information content (AvgIpc) is 2.49. The molecule has 0 unspecified atom stereocenters. The minimum atomic E-state index is 0.217. The van der Waals surface area contributed by atoms with Crippen LogP contribution in [0.2, 0.25) is 0 Å². The van der Waals surface area contributed by atoms with E-state index in [1.54, 1.807) is 0 Å². The van der Waals surface area contributed by atoms with Crippen molar-refractivity contribution < 1.29 is 0 Å². The third-order valence-corrected chi connectivity index (χ3v) is 4.69. The Labute approximate surface area is 169 Å². The molecule has 0 atom stereocenters. The molecule has 0 bridgehead atoms. The third-order valence-electron chi connectivity index (χ3n) is 3.37. The van der Waals surface area contributed by atoms with Gasteiger partial charge in [-0.2, -0.15) is 0 Å². The van der Waals surface area contributed by atoms with Gasteiger partial charge in [0.05, 0.1) is 0 Å². The molecule has 0 heterocycles. The second-order valence-electron chi connectivity index (χ2n) is 7.04. The number of alkyl halides is 2. The lowest BCUT2D eigenvalue weighted by Crippen LogP contribution is -2.12. The summed E-state index contributed by atoms with van der Waals surface area (Å²) in [4.78, 5) is 0. The fraction of sp³-hybridized carbons (Fsp3) is 0.429. The summed E-state index contributed by atoms with van der Waals surface area (Å²) in [5, 5.41) is 0. The summed E-state index contributed by atoms with van der Waals surface area (Å²) in [5.74, 6) is 1.28. The Hall–Kier alpha value is -0.310. The molecule has 2 aromatic rings. The second-order valence-corrected chi connectivity index (χ2v) is 10.3. The third kappa shape index (κ3) is 9.25. The van der Waals surface area contributed by atoms with Crippen molar-refractivity contribution in [3.05, 3.63) is 69.7 Å². The first-order valence-corrected chi connectivity index (χ1v) is 10.4. The van der Waals surface area contributed by atoms with Gasteiger partial charge in [-0.1, -0.05) is 88.2 Å². The predicted molar refractivity (Wildman–Crippen MR) is 115 cm³/mol. The van der Waals surface area contributed by atoms with Crippen LogP contribution in [0.15, 0.2) is 53.0 Å². The van der Waals surface area contributed by atoms with E-state index in [-0.39, 0.29) is 4.32 Å². The number of rotatable bonds is 5. The zero-order chi connectivity index (χ0) is 18.2. The zero-order valence-corrected chi connectivity index (χ0v) is 18.9. The highest BCUT2D eigenvalue weighted by molar-refractivity contribution is 9.10. The maximum atomic E-state index is 5.74. The second kappa shape index (κ2) is 10.6. The predicted octanol–water partition coefficient (Wildman–Crippen LogP) is 7.79. The van der Waals surface area contributed by atoms with Gasteiger partial charge in [0.2, 0.25) is 0 Å². The minimum Gasteiger partial charge on any atom is -0.122 e. The molecule has 0 fully saturated rings. The van der Waals surface area contributed by atoms with Crippen LogP contribution >= 0.6 is 43.5 Å².